The number of halogens is 1. The van der Waals surface area contributed by atoms with Gasteiger partial charge < -0.3 is 4.74 Å². The van der Waals surface area contributed by atoms with Crippen LogP contribution in [0.5, 0.6) is 0 Å². The summed E-state index contributed by atoms with van der Waals surface area (Å²) in [5, 5.41) is 13.1. The van der Waals surface area contributed by atoms with Crippen molar-refractivity contribution in [1.29, 1.82) is 0 Å². The Morgan fingerprint density at radius 2 is 1.81 bits per heavy atom. The first-order chi connectivity index (χ1) is 13.0. The van der Waals surface area contributed by atoms with Crippen molar-refractivity contribution >= 4 is 50.3 Å². The van der Waals surface area contributed by atoms with Gasteiger partial charge in [0.05, 0.1) is 9.40 Å². The first-order valence-electron chi connectivity index (χ1n) is 7.97. The molecule has 0 radical (unpaired) electrons. The van der Waals surface area contributed by atoms with Crippen LogP contribution in [-0.4, -0.2) is 16.8 Å². The molecular weight excluding hydrogens is 412 g/mol. The summed E-state index contributed by atoms with van der Waals surface area (Å²) in [7, 11) is 0. The maximum absolute atomic E-state index is 12.2. The number of cyclic esters (lactones) is 1. The number of nitro groups is 1. The molecule has 3 aromatic carbocycles. The first-order valence-corrected chi connectivity index (χ1v) is 8.76. The van der Waals surface area contributed by atoms with Crippen LogP contribution in [0.25, 0.3) is 16.8 Å². The minimum atomic E-state index is -0.594. The van der Waals surface area contributed by atoms with E-state index in [-0.39, 0.29) is 17.3 Å². The Kier molecular flexibility index (Phi) is 4.29. The minimum absolute atomic E-state index is 0.0885. The van der Waals surface area contributed by atoms with E-state index in [0.29, 0.717) is 15.6 Å². The average molecular weight is 423 g/mol. The third kappa shape index (κ3) is 3.37. The highest BCUT2D eigenvalue weighted by Gasteiger charge is 2.24. The van der Waals surface area contributed by atoms with Crippen molar-refractivity contribution < 1.29 is 14.5 Å². The molecule has 0 aliphatic carbocycles. The third-order valence-electron chi connectivity index (χ3n) is 4.09. The van der Waals surface area contributed by atoms with Crippen LogP contribution < -0.4 is 0 Å². The standard InChI is InChI=1S/C20H11BrN2O4/c21-16-8-5-12(10-18(16)23(25)26)9-17-20(24)27-19(22-17)15-7-6-13-3-1-2-4-14(13)11-15/h1-11H/b17-9-. The van der Waals surface area contributed by atoms with Crippen molar-refractivity contribution in [2.75, 3.05) is 0 Å². The van der Waals surface area contributed by atoms with Gasteiger partial charge in [-0.15, -0.1) is 0 Å². The van der Waals surface area contributed by atoms with Gasteiger partial charge in [0.2, 0.25) is 5.90 Å². The predicted molar refractivity (Wildman–Crippen MR) is 105 cm³/mol. The predicted octanol–water partition coefficient (Wildman–Crippen LogP) is 4.86. The maximum atomic E-state index is 12.2. The molecule has 6 nitrogen and oxygen atoms in total. The van der Waals surface area contributed by atoms with Gasteiger partial charge in [0.25, 0.3) is 5.69 Å². The van der Waals surface area contributed by atoms with Crippen molar-refractivity contribution in [3.8, 4) is 0 Å². The first kappa shape index (κ1) is 17.1. The number of carbonyl (C=O) groups excluding carboxylic acids is 1. The number of nitrogens with zero attached hydrogens (tertiary/aromatic N) is 2. The van der Waals surface area contributed by atoms with Gasteiger partial charge >= 0.3 is 5.97 Å². The normalized spacial score (nSPS) is 15.1. The second kappa shape index (κ2) is 6.77. The summed E-state index contributed by atoms with van der Waals surface area (Å²) in [6.45, 7) is 0. The number of ether oxygens (including phenoxy) is 1. The van der Waals surface area contributed by atoms with Crippen molar-refractivity contribution in [3.63, 3.8) is 0 Å². The van der Waals surface area contributed by atoms with Crippen molar-refractivity contribution in [1.82, 2.24) is 0 Å². The molecule has 0 bridgehead atoms. The van der Waals surface area contributed by atoms with E-state index in [1.165, 1.54) is 12.1 Å². The fourth-order valence-corrected chi connectivity index (χ4v) is 3.16. The highest BCUT2D eigenvalue weighted by molar-refractivity contribution is 9.10. The van der Waals surface area contributed by atoms with Gasteiger partial charge in [-0.2, -0.15) is 0 Å². The summed E-state index contributed by atoms with van der Waals surface area (Å²) in [6.07, 6.45) is 1.47. The zero-order chi connectivity index (χ0) is 19.0. The fourth-order valence-electron chi connectivity index (χ4n) is 2.77. The van der Waals surface area contributed by atoms with Gasteiger partial charge in [-0.3, -0.25) is 10.1 Å². The van der Waals surface area contributed by atoms with Crippen molar-refractivity contribution in [2.45, 2.75) is 0 Å². The monoisotopic (exact) mass is 422 g/mol. The largest absolute Gasteiger partial charge is 0.402 e. The lowest BCUT2D eigenvalue weighted by molar-refractivity contribution is -0.385. The molecule has 0 spiro atoms. The SMILES string of the molecule is O=C1OC(c2ccc3ccccc3c2)=N/C1=C\c1ccc(Br)c([N+](=O)[O-])c1. The van der Waals surface area contributed by atoms with E-state index < -0.39 is 10.9 Å². The van der Waals surface area contributed by atoms with Crippen LogP contribution in [-0.2, 0) is 9.53 Å². The number of hydrogen-bond acceptors (Lipinski definition) is 5. The maximum Gasteiger partial charge on any atom is 0.363 e. The number of aliphatic imine (C=N–C) groups is 1. The third-order valence-corrected chi connectivity index (χ3v) is 4.76. The van der Waals surface area contributed by atoms with E-state index in [1.54, 1.807) is 12.1 Å². The van der Waals surface area contributed by atoms with Gasteiger partial charge in [-0.25, -0.2) is 9.79 Å². The summed E-state index contributed by atoms with van der Waals surface area (Å²) >= 11 is 3.13. The van der Waals surface area contributed by atoms with E-state index in [2.05, 4.69) is 20.9 Å². The van der Waals surface area contributed by atoms with Crippen molar-refractivity contribution in [2.24, 2.45) is 4.99 Å². The van der Waals surface area contributed by atoms with Gasteiger partial charge in [0.15, 0.2) is 5.70 Å². The molecule has 0 saturated heterocycles. The molecule has 0 aromatic heterocycles. The van der Waals surface area contributed by atoms with Crippen LogP contribution in [0.3, 0.4) is 0 Å². The summed E-state index contributed by atoms with van der Waals surface area (Å²) in [4.78, 5) is 27.0. The molecule has 0 unspecified atom stereocenters. The lowest BCUT2D eigenvalue weighted by Crippen LogP contribution is -2.05. The second-order valence-electron chi connectivity index (χ2n) is 5.87. The molecule has 27 heavy (non-hydrogen) atoms. The Labute approximate surface area is 162 Å². The Bertz CT molecular complexity index is 1170. The number of benzene rings is 3. The van der Waals surface area contributed by atoms with E-state index in [4.69, 9.17) is 4.74 Å². The number of carbonyl (C=O) groups is 1. The summed E-state index contributed by atoms with van der Waals surface area (Å²) in [6, 6.07) is 18.1. The molecule has 1 heterocycles. The molecule has 0 atom stereocenters. The van der Waals surface area contributed by atoms with Crippen LogP contribution in [0, 0.1) is 10.1 Å². The lowest BCUT2D eigenvalue weighted by Gasteiger charge is -2.02. The molecule has 4 rings (SSSR count). The smallest absolute Gasteiger partial charge is 0.363 e. The van der Waals surface area contributed by atoms with E-state index >= 15 is 0 Å². The Morgan fingerprint density at radius 1 is 1.04 bits per heavy atom. The van der Waals surface area contributed by atoms with E-state index in [1.807, 2.05) is 42.5 Å². The van der Waals surface area contributed by atoms with Gasteiger partial charge in [-0.1, -0.05) is 36.4 Å². The zero-order valence-electron chi connectivity index (χ0n) is 13.8. The number of rotatable bonds is 3. The molecule has 7 heteroatoms. The Balaban J connectivity index is 1.71. The molecule has 0 fully saturated rings. The van der Waals surface area contributed by atoms with E-state index in [9.17, 15) is 14.9 Å². The Hall–Kier alpha value is -3.32. The van der Waals surface area contributed by atoms with Crippen LogP contribution in [0.15, 0.2) is 75.8 Å². The van der Waals surface area contributed by atoms with E-state index in [0.717, 1.165) is 10.8 Å². The molecule has 0 saturated carbocycles. The Morgan fingerprint density at radius 3 is 2.59 bits per heavy atom. The topological polar surface area (TPSA) is 81.8 Å². The highest BCUT2D eigenvalue weighted by atomic mass is 79.9. The average Bonchev–Trinajstić information content (AvgIpc) is 3.03. The minimum Gasteiger partial charge on any atom is -0.402 e. The molecule has 0 N–H and O–H groups in total. The van der Waals surface area contributed by atoms with Gasteiger partial charge in [0.1, 0.15) is 0 Å². The summed E-state index contributed by atoms with van der Waals surface area (Å²) in [5.74, 6) is -0.382. The van der Waals surface area contributed by atoms with Crippen LogP contribution in [0.2, 0.25) is 0 Å². The second-order valence-corrected chi connectivity index (χ2v) is 6.72. The highest BCUT2D eigenvalue weighted by Crippen LogP contribution is 2.28. The number of hydrogen-bond donors (Lipinski definition) is 0. The molecular formula is C20H11BrN2O4. The molecule has 0 amide bonds. The lowest BCUT2D eigenvalue weighted by atomic mass is 10.1. The summed E-state index contributed by atoms with van der Waals surface area (Å²) in [5.41, 5.74) is 1.18. The molecule has 3 aromatic rings. The van der Waals surface area contributed by atoms with Gasteiger partial charge in [0, 0.05) is 11.6 Å². The van der Waals surface area contributed by atoms with Crippen LogP contribution in [0.1, 0.15) is 11.1 Å². The van der Waals surface area contributed by atoms with Gasteiger partial charge in [-0.05, 0) is 56.5 Å². The zero-order valence-corrected chi connectivity index (χ0v) is 15.3. The van der Waals surface area contributed by atoms with Crippen molar-refractivity contribution in [3.05, 3.63) is 92.1 Å². The number of nitro benzene ring substituents is 1. The van der Waals surface area contributed by atoms with Crippen LogP contribution >= 0.6 is 15.9 Å². The fraction of sp³-hybridized carbons (Fsp3) is 0. The molecule has 132 valence electrons. The summed E-state index contributed by atoms with van der Waals surface area (Å²) < 4.78 is 5.65. The number of fused-ring (bicyclic) bond motifs is 1. The molecule has 1 aliphatic rings. The van der Waals surface area contributed by atoms with Crippen LogP contribution in [0.4, 0.5) is 5.69 Å². The molecule has 1 aliphatic heterocycles. The quantitative estimate of drug-likeness (QED) is 0.261. The number of esters is 1.